The van der Waals surface area contributed by atoms with Crippen LogP contribution in [0.4, 0.5) is 0 Å². The lowest BCUT2D eigenvalue weighted by Gasteiger charge is -2.23. The minimum Gasteiger partial charge on any atom is -0.308 e. The molecule has 4 rings (SSSR count). The molecule has 4 aromatic rings. The average Bonchev–Trinajstić information content (AvgIpc) is 2.71. The normalized spacial score (nSPS) is 11.3. The molecule has 1 heterocycles. The van der Waals surface area contributed by atoms with Crippen molar-refractivity contribution in [2.24, 2.45) is 0 Å². The van der Waals surface area contributed by atoms with Crippen LogP contribution < -0.4 is 5.43 Å². The van der Waals surface area contributed by atoms with E-state index in [9.17, 15) is 4.79 Å². The van der Waals surface area contributed by atoms with E-state index >= 15 is 0 Å². The molecule has 0 spiro atoms. The summed E-state index contributed by atoms with van der Waals surface area (Å²) in [6.07, 6.45) is 0. The summed E-state index contributed by atoms with van der Waals surface area (Å²) in [6.45, 7) is 6.24. The third-order valence-corrected chi connectivity index (χ3v) is 5.46. The second kappa shape index (κ2) is 7.29. The third kappa shape index (κ3) is 3.04. The molecule has 0 N–H and O–H groups in total. The maximum atomic E-state index is 13.3. The van der Waals surface area contributed by atoms with E-state index in [0.29, 0.717) is 5.02 Å². The van der Waals surface area contributed by atoms with Gasteiger partial charge in [0.2, 0.25) is 0 Å². The number of rotatable bonds is 3. The van der Waals surface area contributed by atoms with Crippen molar-refractivity contribution in [1.29, 1.82) is 0 Å². The molecule has 0 aliphatic rings. The Balaban J connectivity index is 2.26. The maximum Gasteiger partial charge on any atom is 0.192 e. The SMILES string of the molecule is Cc1c(-c2ccccc2)n(-c2ccc(Cl)cc2)c2c(C(C)C)cccc2c1=O. The highest BCUT2D eigenvalue weighted by atomic mass is 35.5. The fourth-order valence-corrected chi connectivity index (χ4v) is 3.97. The summed E-state index contributed by atoms with van der Waals surface area (Å²) in [7, 11) is 0. The van der Waals surface area contributed by atoms with Crippen LogP contribution in [0.3, 0.4) is 0 Å². The first-order valence-electron chi connectivity index (χ1n) is 9.48. The number of hydrogen-bond donors (Lipinski definition) is 0. The van der Waals surface area contributed by atoms with E-state index in [1.807, 2.05) is 61.5 Å². The van der Waals surface area contributed by atoms with Crippen LogP contribution in [0.2, 0.25) is 5.02 Å². The number of para-hydroxylation sites is 1. The van der Waals surface area contributed by atoms with E-state index in [4.69, 9.17) is 11.6 Å². The van der Waals surface area contributed by atoms with Gasteiger partial charge in [0.15, 0.2) is 5.43 Å². The lowest BCUT2D eigenvalue weighted by molar-refractivity contribution is 0.866. The fourth-order valence-electron chi connectivity index (χ4n) is 3.84. The molecule has 1 aromatic heterocycles. The maximum absolute atomic E-state index is 13.3. The molecule has 2 nitrogen and oxygen atoms in total. The van der Waals surface area contributed by atoms with Crippen LogP contribution in [0.1, 0.15) is 30.9 Å². The van der Waals surface area contributed by atoms with Crippen LogP contribution in [0.25, 0.3) is 27.8 Å². The minimum atomic E-state index is 0.0848. The summed E-state index contributed by atoms with van der Waals surface area (Å²) in [6, 6.07) is 23.9. The van der Waals surface area contributed by atoms with Gasteiger partial charge in [0, 0.05) is 21.7 Å². The molecule has 0 unspecified atom stereocenters. The van der Waals surface area contributed by atoms with Crippen molar-refractivity contribution in [1.82, 2.24) is 4.57 Å². The Labute approximate surface area is 170 Å². The number of nitrogens with zero attached hydrogens (tertiary/aromatic N) is 1. The zero-order valence-corrected chi connectivity index (χ0v) is 17.0. The van der Waals surface area contributed by atoms with E-state index in [1.54, 1.807) is 0 Å². The number of halogens is 1. The van der Waals surface area contributed by atoms with Crippen molar-refractivity contribution in [3.8, 4) is 16.9 Å². The van der Waals surface area contributed by atoms with Gasteiger partial charge in [-0.2, -0.15) is 0 Å². The van der Waals surface area contributed by atoms with Gasteiger partial charge in [-0.1, -0.05) is 67.9 Å². The summed E-state index contributed by atoms with van der Waals surface area (Å²) in [4.78, 5) is 13.3. The first kappa shape index (κ1) is 18.5. The molecule has 0 amide bonds. The average molecular weight is 388 g/mol. The quantitative estimate of drug-likeness (QED) is 0.381. The van der Waals surface area contributed by atoms with Crippen LogP contribution >= 0.6 is 11.6 Å². The predicted octanol–water partition coefficient (Wildman–Crippen LogP) is 6.74. The molecule has 0 atom stereocenters. The van der Waals surface area contributed by atoms with Gasteiger partial charge in [-0.15, -0.1) is 0 Å². The van der Waals surface area contributed by atoms with Crippen molar-refractivity contribution < 1.29 is 0 Å². The van der Waals surface area contributed by atoms with E-state index in [0.717, 1.165) is 39.0 Å². The molecule has 0 fully saturated rings. The zero-order valence-electron chi connectivity index (χ0n) is 16.2. The summed E-state index contributed by atoms with van der Waals surface area (Å²) >= 11 is 6.15. The van der Waals surface area contributed by atoms with Gasteiger partial charge in [-0.25, -0.2) is 0 Å². The molecule has 0 saturated heterocycles. The Hall–Kier alpha value is -2.84. The Morgan fingerprint density at radius 3 is 2.18 bits per heavy atom. The number of benzene rings is 3. The standard InChI is InChI=1S/C25H22ClNO/c1-16(2)21-10-7-11-22-24(21)27(20-14-12-19(26)13-15-20)23(17(3)25(22)28)18-8-5-4-6-9-18/h4-16H,1-3H3. The van der Waals surface area contributed by atoms with Gasteiger partial charge in [-0.3, -0.25) is 4.79 Å². The molecular formula is C25H22ClNO. The van der Waals surface area contributed by atoms with Crippen molar-refractivity contribution in [2.75, 3.05) is 0 Å². The van der Waals surface area contributed by atoms with Crippen LogP contribution in [0.5, 0.6) is 0 Å². The highest BCUT2D eigenvalue weighted by molar-refractivity contribution is 6.30. The molecule has 0 aliphatic heterocycles. The predicted molar refractivity (Wildman–Crippen MR) is 119 cm³/mol. The van der Waals surface area contributed by atoms with Crippen molar-refractivity contribution in [3.63, 3.8) is 0 Å². The lowest BCUT2D eigenvalue weighted by atomic mass is 9.95. The van der Waals surface area contributed by atoms with Crippen molar-refractivity contribution in [3.05, 3.63) is 99.2 Å². The molecule has 28 heavy (non-hydrogen) atoms. The fraction of sp³-hybridized carbons (Fsp3) is 0.160. The number of hydrogen-bond acceptors (Lipinski definition) is 1. The monoisotopic (exact) mass is 387 g/mol. The van der Waals surface area contributed by atoms with E-state index in [2.05, 4.69) is 36.6 Å². The van der Waals surface area contributed by atoms with Crippen molar-refractivity contribution in [2.45, 2.75) is 26.7 Å². The van der Waals surface area contributed by atoms with Gasteiger partial charge in [0.05, 0.1) is 11.2 Å². The number of pyridine rings is 1. The summed E-state index contributed by atoms with van der Waals surface area (Å²) in [5.41, 5.74) is 5.89. The Bertz CT molecular complexity index is 1210. The third-order valence-electron chi connectivity index (χ3n) is 5.21. The molecule has 0 bridgehead atoms. The van der Waals surface area contributed by atoms with Gasteiger partial charge >= 0.3 is 0 Å². The van der Waals surface area contributed by atoms with Gasteiger partial charge in [0.25, 0.3) is 0 Å². The molecule has 140 valence electrons. The minimum absolute atomic E-state index is 0.0848. The molecule has 0 radical (unpaired) electrons. The molecule has 3 heteroatoms. The Morgan fingerprint density at radius 1 is 0.857 bits per heavy atom. The van der Waals surface area contributed by atoms with E-state index in [-0.39, 0.29) is 11.3 Å². The molecule has 3 aromatic carbocycles. The zero-order chi connectivity index (χ0) is 19.8. The van der Waals surface area contributed by atoms with E-state index in [1.165, 1.54) is 0 Å². The highest BCUT2D eigenvalue weighted by Crippen LogP contribution is 2.33. The van der Waals surface area contributed by atoms with Gasteiger partial charge < -0.3 is 4.57 Å². The van der Waals surface area contributed by atoms with Crippen LogP contribution in [0, 0.1) is 6.92 Å². The second-order valence-electron chi connectivity index (χ2n) is 7.38. The van der Waals surface area contributed by atoms with Crippen molar-refractivity contribution >= 4 is 22.5 Å². The first-order valence-corrected chi connectivity index (χ1v) is 9.86. The number of aromatic nitrogens is 1. The van der Waals surface area contributed by atoms with Crippen LogP contribution in [-0.4, -0.2) is 4.57 Å². The largest absolute Gasteiger partial charge is 0.308 e. The first-order chi connectivity index (χ1) is 13.5. The highest BCUT2D eigenvalue weighted by Gasteiger charge is 2.20. The Kier molecular flexibility index (Phi) is 4.82. The summed E-state index contributed by atoms with van der Waals surface area (Å²) in [5.74, 6) is 0.285. The summed E-state index contributed by atoms with van der Waals surface area (Å²) < 4.78 is 2.22. The topological polar surface area (TPSA) is 22.0 Å². The Morgan fingerprint density at radius 2 is 1.54 bits per heavy atom. The lowest BCUT2D eigenvalue weighted by Crippen LogP contribution is -2.17. The van der Waals surface area contributed by atoms with Gasteiger partial charge in [0.1, 0.15) is 0 Å². The molecule has 0 aliphatic carbocycles. The summed E-state index contributed by atoms with van der Waals surface area (Å²) in [5, 5.41) is 1.44. The number of fused-ring (bicyclic) bond motifs is 1. The van der Waals surface area contributed by atoms with E-state index < -0.39 is 0 Å². The molecule has 0 saturated carbocycles. The van der Waals surface area contributed by atoms with Crippen LogP contribution in [-0.2, 0) is 0 Å². The molecular weight excluding hydrogens is 366 g/mol. The van der Waals surface area contributed by atoms with Crippen LogP contribution in [0.15, 0.2) is 77.6 Å². The van der Waals surface area contributed by atoms with Gasteiger partial charge in [-0.05, 0) is 54.3 Å². The smallest absolute Gasteiger partial charge is 0.192 e. The second-order valence-corrected chi connectivity index (χ2v) is 7.82.